The first-order valence-corrected chi connectivity index (χ1v) is 7.69. The van der Waals surface area contributed by atoms with Gasteiger partial charge in [0.25, 0.3) is 0 Å². The minimum atomic E-state index is -0.273. The number of benzene rings is 1. The number of halogens is 1. The van der Waals surface area contributed by atoms with Gasteiger partial charge in [0.1, 0.15) is 5.82 Å². The molecule has 0 saturated heterocycles. The summed E-state index contributed by atoms with van der Waals surface area (Å²) in [4.78, 5) is 12.4. The van der Waals surface area contributed by atoms with Crippen molar-refractivity contribution in [2.45, 2.75) is 26.0 Å². The first-order chi connectivity index (χ1) is 11.2. The van der Waals surface area contributed by atoms with E-state index in [4.69, 9.17) is 4.74 Å². The molecule has 0 saturated carbocycles. The zero-order valence-corrected chi connectivity index (χ0v) is 12.7. The fourth-order valence-corrected chi connectivity index (χ4v) is 2.66. The molecule has 1 aromatic carbocycles. The molecule has 122 valence electrons. The lowest BCUT2D eigenvalue weighted by Gasteiger charge is -2.16. The molecular weight excluding hydrogens is 299 g/mol. The fraction of sp³-hybridized carbons (Fsp3) is 0.438. The van der Waals surface area contributed by atoms with Crippen molar-refractivity contribution < 1.29 is 13.9 Å². The number of rotatable bonds is 2. The summed E-state index contributed by atoms with van der Waals surface area (Å²) in [6, 6.07) is 6.28. The Labute approximate surface area is 133 Å². The summed E-state index contributed by atoms with van der Waals surface area (Å²) >= 11 is 0. The van der Waals surface area contributed by atoms with E-state index in [0.717, 1.165) is 11.3 Å². The SMILES string of the molecule is O=C1NCCOCc2cnnn2CC[C@@H]1Cc1ccc(F)cc1. The van der Waals surface area contributed by atoms with Crippen molar-refractivity contribution in [2.75, 3.05) is 13.2 Å². The normalized spacial score (nSPS) is 19.5. The third-order valence-electron chi connectivity index (χ3n) is 3.95. The van der Waals surface area contributed by atoms with Crippen LogP contribution in [0.1, 0.15) is 17.7 Å². The molecule has 1 amide bonds. The van der Waals surface area contributed by atoms with Gasteiger partial charge in [0.15, 0.2) is 0 Å². The second-order valence-corrected chi connectivity index (χ2v) is 5.61. The average molecular weight is 318 g/mol. The van der Waals surface area contributed by atoms with Crippen LogP contribution in [0, 0.1) is 11.7 Å². The molecule has 7 heteroatoms. The van der Waals surface area contributed by atoms with Gasteiger partial charge in [-0.3, -0.25) is 4.79 Å². The van der Waals surface area contributed by atoms with E-state index in [1.165, 1.54) is 12.1 Å². The number of ether oxygens (including phenoxy) is 1. The first kappa shape index (κ1) is 15.6. The lowest BCUT2D eigenvalue weighted by Crippen LogP contribution is -2.34. The Morgan fingerprint density at radius 2 is 2.17 bits per heavy atom. The highest BCUT2D eigenvalue weighted by atomic mass is 19.1. The van der Waals surface area contributed by atoms with Crippen molar-refractivity contribution in [2.24, 2.45) is 5.92 Å². The summed E-state index contributed by atoms with van der Waals surface area (Å²) in [6.45, 7) is 1.95. The number of carbonyl (C=O) groups is 1. The Bertz CT molecular complexity index is 656. The number of fused-ring (bicyclic) bond motifs is 1. The molecule has 0 aliphatic carbocycles. The van der Waals surface area contributed by atoms with Crippen LogP contribution in [0.3, 0.4) is 0 Å². The maximum absolute atomic E-state index is 13.0. The lowest BCUT2D eigenvalue weighted by atomic mass is 9.95. The highest BCUT2D eigenvalue weighted by Gasteiger charge is 2.20. The third-order valence-corrected chi connectivity index (χ3v) is 3.95. The smallest absolute Gasteiger partial charge is 0.223 e. The maximum Gasteiger partial charge on any atom is 0.223 e. The Kier molecular flexibility index (Phi) is 4.97. The molecule has 1 aliphatic heterocycles. The maximum atomic E-state index is 13.0. The van der Waals surface area contributed by atoms with Crippen LogP contribution in [0.2, 0.25) is 0 Å². The molecule has 0 spiro atoms. The van der Waals surface area contributed by atoms with Gasteiger partial charge in [-0.05, 0) is 30.5 Å². The molecule has 1 aliphatic rings. The molecule has 0 fully saturated rings. The molecule has 23 heavy (non-hydrogen) atoms. The minimum absolute atomic E-state index is 0.0125. The van der Waals surface area contributed by atoms with E-state index in [9.17, 15) is 9.18 Å². The average Bonchev–Trinajstić information content (AvgIpc) is 2.99. The second-order valence-electron chi connectivity index (χ2n) is 5.61. The van der Waals surface area contributed by atoms with Crippen LogP contribution in [0.25, 0.3) is 0 Å². The number of amides is 1. The van der Waals surface area contributed by atoms with E-state index in [1.807, 2.05) is 0 Å². The van der Waals surface area contributed by atoms with Crippen molar-refractivity contribution in [3.63, 3.8) is 0 Å². The number of hydrogen-bond donors (Lipinski definition) is 1. The van der Waals surface area contributed by atoms with Crippen molar-refractivity contribution in [3.05, 3.63) is 47.5 Å². The number of aromatic nitrogens is 3. The standard InChI is InChI=1S/C16H19FN4O2/c17-14-3-1-12(2-4-14)9-13-5-7-21-15(10-19-20-21)11-23-8-6-18-16(13)22/h1-4,10,13H,5-9,11H2,(H,18,22)/t13-/m1/s1. The number of hydrogen-bond acceptors (Lipinski definition) is 4. The van der Waals surface area contributed by atoms with Crippen LogP contribution < -0.4 is 5.32 Å². The van der Waals surface area contributed by atoms with E-state index in [0.29, 0.717) is 39.1 Å². The van der Waals surface area contributed by atoms with Crippen molar-refractivity contribution >= 4 is 5.91 Å². The van der Waals surface area contributed by atoms with Gasteiger partial charge in [-0.15, -0.1) is 5.10 Å². The summed E-state index contributed by atoms with van der Waals surface area (Å²) in [5.41, 5.74) is 1.84. The Hall–Kier alpha value is -2.28. The van der Waals surface area contributed by atoms with Gasteiger partial charge in [0.2, 0.25) is 5.91 Å². The van der Waals surface area contributed by atoms with Gasteiger partial charge < -0.3 is 10.1 Å². The van der Waals surface area contributed by atoms with Crippen LogP contribution in [0.15, 0.2) is 30.5 Å². The van der Waals surface area contributed by atoms with Crippen LogP contribution in [-0.2, 0) is 29.1 Å². The molecule has 0 unspecified atom stereocenters. The molecule has 2 heterocycles. The van der Waals surface area contributed by atoms with Gasteiger partial charge in [-0.2, -0.15) is 0 Å². The Morgan fingerprint density at radius 1 is 1.35 bits per heavy atom. The topological polar surface area (TPSA) is 69.0 Å². The van der Waals surface area contributed by atoms with Crippen molar-refractivity contribution in [3.8, 4) is 0 Å². The monoisotopic (exact) mass is 318 g/mol. The predicted molar refractivity (Wildman–Crippen MR) is 80.9 cm³/mol. The molecule has 6 nitrogen and oxygen atoms in total. The van der Waals surface area contributed by atoms with Gasteiger partial charge in [-0.25, -0.2) is 9.07 Å². The van der Waals surface area contributed by atoms with E-state index < -0.39 is 0 Å². The molecule has 1 N–H and O–H groups in total. The summed E-state index contributed by atoms with van der Waals surface area (Å²) in [6.07, 6.45) is 2.89. The Balaban J connectivity index is 1.74. The molecule has 3 rings (SSSR count). The van der Waals surface area contributed by atoms with Crippen molar-refractivity contribution in [1.29, 1.82) is 0 Å². The van der Waals surface area contributed by atoms with E-state index in [2.05, 4.69) is 15.6 Å². The first-order valence-electron chi connectivity index (χ1n) is 7.69. The van der Waals surface area contributed by atoms with Crippen molar-refractivity contribution in [1.82, 2.24) is 20.3 Å². The summed E-state index contributed by atoms with van der Waals surface area (Å²) < 4.78 is 20.3. The van der Waals surface area contributed by atoms with E-state index in [1.54, 1.807) is 23.0 Å². The Morgan fingerprint density at radius 3 is 3.00 bits per heavy atom. The number of aryl methyl sites for hydroxylation is 1. The van der Waals surface area contributed by atoms with Crippen LogP contribution in [0.4, 0.5) is 4.39 Å². The van der Waals surface area contributed by atoms with Gasteiger partial charge >= 0.3 is 0 Å². The van der Waals surface area contributed by atoms with Crippen LogP contribution >= 0.6 is 0 Å². The zero-order chi connectivity index (χ0) is 16.1. The number of nitrogens with zero attached hydrogens (tertiary/aromatic N) is 3. The highest BCUT2D eigenvalue weighted by Crippen LogP contribution is 2.16. The molecule has 1 atom stereocenters. The van der Waals surface area contributed by atoms with Gasteiger partial charge in [0.05, 0.1) is 25.1 Å². The van der Waals surface area contributed by atoms with Crippen LogP contribution in [0.5, 0.6) is 0 Å². The predicted octanol–water partition coefficient (Wildman–Crippen LogP) is 1.31. The minimum Gasteiger partial charge on any atom is -0.373 e. The molecular formula is C16H19FN4O2. The zero-order valence-electron chi connectivity index (χ0n) is 12.7. The summed E-state index contributed by atoms with van der Waals surface area (Å²) in [5.74, 6) is -0.484. The molecule has 1 aromatic heterocycles. The lowest BCUT2D eigenvalue weighted by molar-refractivity contribution is -0.125. The molecule has 2 aromatic rings. The quantitative estimate of drug-likeness (QED) is 0.906. The largest absolute Gasteiger partial charge is 0.373 e. The molecule has 0 bridgehead atoms. The van der Waals surface area contributed by atoms with Crippen LogP contribution in [-0.4, -0.2) is 34.1 Å². The third kappa shape index (κ3) is 4.13. The second kappa shape index (κ2) is 7.32. The highest BCUT2D eigenvalue weighted by molar-refractivity contribution is 5.78. The number of nitrogens with one attached hydrogen (secondary N) is 1. The number of carbonyl (C=O) groups excluding carboxylic acids is 1. The van der Waals surface area contributed by atoms with E-state index >= 15 is 0 Å². The fourth-order valence-electron chi connectivity index (χ4n) is 2.66. The molecule has 0 radical (unpaired) electrons. The van der Waals surface area contributed by atoms with E-state index in [-0.39, 0.29) is 17.6 Å². The van der Waals surface area contributed by atoms with Gasteiger partial charge in [-0.1, -0.05) is 17.3 Å². The summed E-state index contributed by atoms with van der Waals surface area (Å²) in [5, 5.41) is 10.8. The summed E-state index contributed by atoms with van der Waals surface area (Å²) in [7, 11) is 0. The van der Waals surface area contributed by atoms with Gasteiger partial charge in [0, 0.05) is 19.0 Å².